The van der Waals surface area contributed by atoms with Crippen molar-refractivity contribution in [2.24, 2.45) is 0 Å². The number of aryl methyl sites for hydroxylation is 2. The average Bonchev–Trinajstić information content (AvgIpc) is 2.66. The quantitative estimate of drug-likeness (QED) is 0.820. The maximum atomic E-state index is 12.5. The van der Waals surface area contributed by atoms with Crippen molar-refractivity contribution in [2.75, 3.05) is 31.1 Å². The topological polar surface area (TPSA) is 78.4 Å². The fraction of sp³-hybridized carbons (Fsp3) is 0.368. The van der Waals surface area contributed by atoms with E-state index in [2.05, 4.69) is 20.2 Å². The predicted molar refractivity (Wildman–Crippen MR) is 99.0 cm³/mol. The number of benzene rings is 1. The van der Waals surface area contributed by atoms with Gasteiger partial charge < -0.3 is 15.1 Å². The number of hydrogen-bond acceptors (Lipinski definition) is 5. The number of nitrogens with zero attached hydrogens (tertiary/aromatic N) is 4. The lowest BCUT2D eigenvalue weighted by atomic mass is 10.1. The summed E-state index contributed by atoms with van der Waals surface area (Å²) in [5.41, 5.74) is 2.58. The standard InChI is InChI=1S/C19H23N5O2/c1-14-5-3-4-6-16(14)12-20-19(26)17-11-18(22-15(2)21-17)24-9-7-23(13-25)8-10-24/h3-6,11,13H,7-10,12H2,1-2H3,(H,20,26). The zero-order valence-corrected chi connectivity index (χ0v) is 15.1. The Morgan fingerprint density at radius 2 is 1.88 bits per heavy atom. The van der Waals surface area contributed by atoms with Crippen molar-refractivity contribution < 1.29 is 9.59 Å². The first kappa shape index (κ1) is 17.8. The molecule has 0 atom stereocenters. The Bertz CT molecular complexity index is 800. The monoisotopic (exact) mass is 353 g/mol. The molecule has 0 radical (unpaired) electrons. The van der Waals surface area contributed by atoms with Gasteiger partial charge in [-0.15, -0.1) is 0 Å². The minimum Gasteiger partial charge on any atom is -0.353 e. The van der Waals surface area contributed by atoms with Gasteiger partial charge in [-0.1, -0.05) is 24.3 Å². The maximum absolute atomic E-state index is 12.5. The molecular formula is C19H23N5O2. The Hall–Kier alpha value is -2.96. The van der Waals surface area contributed by atoms with Gasteiger partial charge in [0, 0.05) is 38.8 Å². The molecule has 1 aliphatic heterocycles. The Labute approximate surface area is 153 Å². The van der Waals surface area contributed by atoms with Gasteiger partial charge in [0.15, 0.2) is 0 Å². The summed E-state index contributed by atoms with van der Waals surface area (Å²) < 4.78 is 0. The molecule has 7 heteroatoms. The lowest BCUT2D eigenvalue weighted by molar-refractivity contribution is -0.118. The fourth-order valence-corrected chi connectivity index (χ4v) is 2.96. The SMILES string of the molecule is Cc1nc(C(=O)NCc2ccccc2C)cc(N2CCN(C=O)CC2)n1. The molecule has 136 valence electrons. The first-order valence-electron chi connectivity index (χ1n) is 8.69. The minimum atomic E-state index is -0.216. The van der Waals surface area contributed by atoms with Crippen molar-refractivity contribution in [2.45, 2.75) is 20.4 Å². The molecule has 1 aromatic heterocycles. The third-order valence-corrected chi connectivity index (χ3v) is 4.55. The number of amides is 2. The number of rotatable bonds is 5. The molecule has 2 aromatic rings. The van der Waals surface area contributed by atoms with Gasteiger partial charge in [0.2, 0.25) is 6.41 Å². The summed E-state index contributed by atoms with van der Waals surface area (Å²) in [6.07, 6.45) is 0.868. The van der Waals surface area contributed by atoms with Crippen LogP contribution in [-0.2, 0) is 11.3 Å². The van der Waals surface area contributed by atoms with Crippen LogP contribution in [-0.4, -0.2) is 53.4 Å². The molecule has 1 saturated heterocycles. The lowest BCUT2D eigenvalue weighted by Gasteiger charge is -2.33. The molecule has 1 aliphatic rings. The molecule has 1 aromatic carbocycles. The number of nitrogens with one attached hydrogen (secondary N) is 1. The molecule has 1 N–H and O–H groups in total. The van der Waals surface area contributed by atoms with Gasteiger partial charge in [-0.3, -0.25) is 9.59 Å². The van der Waals surface area contributed by atoms with Gasteiger partial charge >= 0.3 is 0 Å². The first-order valence-corrected chi connectivity index (χ1v) is 8.69. The van der Waals surface area contributed by atoms with Crippen LogP contribution >= 0.6 is 0 Å². The van der Waals surface area contributed by atoms with Crippen LogP contribution in [0.1, 0.15) is 27.4 Å². The number of piperazine rings is 1. The van der Waals surface area contributed by atoms with Crippen LogP contribution < -0.4 is 10.2 Å². The number of hydrogen-bond donors (Lipinski definition) is 1. The van der Waals surface area contributed by atoms with Crippen LogP contribution in [0.2, 0.25) is 0 Å². The molecular weight excluding hydrogens is 330 g/mol. The van der Waals surface area contributed by atoms with E-state index in [1.54, 1.807) is 17.9 Å². The summed E-state index contributed by atoms with van der Waals surface area (Å²) in [6, 6.07) is 9.68. The summed E-state index contributed by atoms with van der Waals surface area (Å²) in [5.74, 6) is 1.07. The van der Waals surface area contributed by atoms with Gasteiger partial charge in [0.25, 0.3) is 5.91 Å². The Balaban J connectivity index is 1.70. The molecule has 0 spiro atoms. The van der Waals surface area contributed by atoms with Gasteiger partial charge in [0.1, 0.15) is 17.3 Å². The molecule has 26 heavy (non-hydrogen) atoms. The van der Waals surface area contributed by atoms with Crippen LogP contribution in [0.15, 0.2) is 30.3 Å². The van der Waals surface area contributed by atoms with E-state index in [1.807, 2.05) is 31.2 Å². The highest BCUT2D eigenvalue weighted by atomic mass is 16.2. The first-order chi connectivity index (χ1) is 12.6. The van der Waals surface area contributed by atoms with Crippen LogP contribution in [0.5, 0.6) is 0 Å². The third-order valence-electron chi connectivity index (χ3n) is 4.55. The largest absolute Gasteiger partial charge is 0.353 e. The highest BCUT2D eigenvalue weighted by Crippen LogP contribution is 2.15. The van der Waals surface area contributed by atoms with E-state index in [1.165, 1.54) is 0 Å². The van der Waals surface area contributed by atoms with Crippen molar-refractivity contribution in [3.8, 4) is 0 Å². The molecule has 3 rings (SSSR count). The van der Waals surface area contributed by atoms with E-state index in [0.717, 1.165) is 23.4 Å². The number of carbonyl (C=O) groups is 2. The molecule has 0 aliphatic carbocycles. The Kier molecular flexibility index (Phi) is 5.46. The summed E-state index contributed by atoms with van der Waals surface area (Å²) in [7, 11) is 0. The maximum Gasteiger partial charge on any atom is 0.270 e. The molecule has 0 saturated carbocycles. The van der Waals surface area contributed by atoms with Crippen LogP contribution in [0.25, 0.3) is 0 Å². The van der Waals surface area contributed by atoms with Gasteiger partial charge in [-0.05, 0) is 25.0 Å². The van der Waals surface area contributed by atoms with E-state index in [0.29, 0.717) is 44.2 Å². The molecule has 0 unspecified atom stereocenters. The minimum absolute atomic E-state index is 0.216. The van der Waals surface area contributed by atoms with E-state index in [4.69, 9.17) is 0 Å². The second kappa shape index (κ2) is 7.95. The smallest absolute Gasteiger partial charge is 0.270 e. The Morgan fingerprint density at radius 3 is 2.58 bits per heavy atom. The molecule has 2 heterocycles. The number of carbonyl (C=O) groups excluding carboxylic acids is 2. The highest BCUT2D eigenvalue weighted by Gasteiger charge is 2.19. The second-order valence-corrected chi connectivity index (χ2v) is 6.40. The lowest BCUT2D eigenvalue weighted by Crippen LogP contribution is -2.46. The molecule has 7 nitrogen and oxygen atoms in total. The van der Waals surface area contributed by atoms with E-state index < -0.39 is 0 Å². The van der Waals surface area contributed by atoms with Crippen LogP contribution in [0, 0.1) is 13.8 Å². The Morgan fingerprint density at radius 1 is 1.15 bits per heavy atom. The zero-order chi connectivity index (χ0) is 18.5. The third kappa shape index (κ3) is 4.17. The number of anilines is 1. The number of aromatic nitrogens is 2. The zero-order valence-electron chi connectivity index (χ0n) is 15.1. The van der Waals surface area contributed by atoms with Gasteiger partial charge in [-0.2, -0.15) is 0 Å². The average molecular weight is 353 g/mol. The summed E-state index contributed by atoms with van der Waals surface area (Å²) >= 11 is 0. The van der Waals surface area contributed by atoms with E-state index >= 15 is 0 Å². The van der Waals surface area contributed by atoms with Crippen molar-refractivity contribution in [1.29, 1.82) is 0 Å². The van der Waals surface area contributed by atoms with Crippen molar-refractivity contribution in [3.63, 3.8) is 0 Å². The van der Waals surface area contributed by atoms with Gasteiger partial charge in [0.05, 0.1) is 0 Å². The van der Waals surface area contributed by atoms with Gasteiger partial charge in [-0.25, -0.2) is 9.97 Å². The summed E-state index contributed by atoms with van der Waals surface area (Å²) in [6.45, 7) is 6.96. The van der Waals surface area contributed by atoms with Crippen molar-refractivity contribution in [1.82, 2.24) is 20.2 Å². The highest BCUT2D eigenvalue weighted by molar-refractivity contribution is 5.93. The van der Waals surface area contributed by atoms with Crippen LogP contribution in [0.3, 0.4) is 0 Å². The summed E-state index contributed by atoms with van der Waals surface area (Å²) in [5, 5.41) is 2.93. The predicted octanol–water partition coefficient (Wildman–Crippen LogP) is 1.30. The molecule has 0 bridgehead atoms. The normalized spacial score (nSPS) is 14.2. The molecule has 1 fully saturated rings. The van der Waals surface area contributed by atoms with E-state index in [9.17, 15) is 9.59 Å². The summed E-state index contributed by atoms with van der Waals surface area (Å²) in [4.78, 5) is 35.9. The fourth-order valence-electron chi connectivity index (χ4n) is 2.96. The van der Waals surface area contributed by atoms with E-state index in [-0.39, 0.29) is 5.91 Å². The molecule has 2 amide bonds. The van der Waals surface area contributed by atoms with Crippen molar-refractivity contribution >= 4 is 18.1 Å². The van der Waals surface area contributed by atoms with Crippen LogP contribution in [0.4, 0.5) is 5.82 Å². The van der Waals surface area contributed by atoms with Crippen molar-refractivity contribution in [3.05, 3.63) is 53.0 Å². The second-order valence-electron chi connectivity index (χ2n) is 6.40.